The van der Waals surface area contributed by atoms with E-state index in [0.29, 0.717) is 12.5 Å². The van der Waals surface area contributed by atoms with Gasteiger partial charge in [-0.15, -0.1) is 0 Å². The minimum absolute atomic E-state index is 0.404. The number of hydrogen-bond acceptors (Lipinski definition) is 1. The molecule has 1 aliphatic rings. The standard InChI is InChI=1S/C7H14O.C2H6/c1-6-3-2-4-7(6)5-8;1-2/h6-8H,2-5H2,1H3;1-2H3. The molecule has 2 unspecified atom stereocenters. The third-order valence-electron chi connectivity index (χ3n) is 2.27. The molecule has 1 nitrogen and oxygen atoms in total. The van der Waals surface area contributed by atoms with Gasteiger partial charge in [-0.1, -0.05) is 33.6 Å². The first-order valence-electron chi connectivity index (χ1n) is 4.45. The monoisotopic (exact) mass is 144 g/mol. The van der Waals surface area contributed by atoms with E-state index in [1.165, 1.54) is 19.3 Å². The second-order valence-electron chi connectivity index (χ2n) is 2.85. The van der Waals surface area contributed by atoms with Crippen LogP contribution in [-0.2, 0) is 0 Å². The lowest BCUT2D eigenvalue weighted by Crippen LogP contribution is -2.07. The third kappa shape index (κ3) is 2.70. The van der Waals surface area contributed by atoms with Crippen molar-refractivity contribution in [2.75, 3.05) is 6.61 Å². The van der Waals surface area contributed by atoms with Gasteiger partial charge in [0.05, 0.1) is 0 Å². The molecule has 0 saturated heterocycles. The van der Waals surface area contributed by atoms with E-state index in [2.05, 4.69) is 6.92 Å². The highest BCUT2D eigenvalue weighted by Gasteiger charge is 2.21. The molecule has 0 bridgehead atoms. The van der Waals surface area contributed by atoms with Crippen molar-refractivity contribution in [3.63, 3.8) is 0 Å². The lowest BCUT2D eigenvalue weighted by Gasteiger charge is -2.09. The van der Waals surface area contributed by atoms with E-state index in [-0.39, 0.29) is 0 Å². The third-order valence-corrected chi connectivity index (χ3v) is 2.27. The van der Waals surface area contributed by atoms with Crippen LogP contribution >= 0.6 is 0 Å². The van der Waals surface area contributed by atoms with Gasteiger partial charge in [0.15, 0.2) is 0 Å². The van der Waals surface area contributed by atoms with Gasteiger partial charge in [-0.2, -0.15) is 0 Å². The predicted octanol–water partition coefficient (Wildman–Crippen LogP) is 2.44. The summed E-state index contributed by atoms with van der Waals surface area (Å²) in [7, 11) is 0. The first-order chi connectivity index (χ1) is 4.84. The van der Waals surface area contributed by atoms with Crippen molar-refractivity contribution in [3.8, 4) is 0 Å². The molecular weight excluding hydrogens is 124 g/mol. The Morgan fingerprint density at radius 2 is 1.90 bits per heavy atom. The van der Waals surface area contributed by atoms with Gasteiger partial charge in [-0.05, 0) is 18.3 Å². The summed E-state index contributed by atoms with van der Waals surface area (Å²) in [5.74, 6) is 1.40. The van der Waals surface area contributed by atoms with E-state index >= 15 is 0 Å². The number of rotatable bonds is 1. The van der Waals surface area contributed by atoms with Crippen LogP contribution in [-0.4, -0.2) is 11.7 Å². The lowest BCUT2D eigenvalue weighted by atomic mass is 10.00. The maximum atomic E-state index is 8.74. The normalized spacial score (nSPS) is 31.2. The van der Waals surface area contributed by atoms with Crippen molar-refractivity contribution in [2.24, 2.45) is 11.8 Å². The summed E-state index contributed by atoms with van der Waals surface area (Å²) in [6, 6.07) is 0. The highest BCUT2D eigenvalue weighted by Crippen LogP contribution is 2.30. The Kier molecular flexibility index (Phi) is 5.70. The van der Waals surface area contributed by atoms with Crippen molar-refractivity contribution in [1.29, 1.82) is 0 Å². The Morgan fingerprint density at radius 3 is 2.10 bits per heavy atom. The fraction of sp³-hybridized carbons (Fsp3) is 1.00. The van der Waals surface area contributed by atoms with Gasteiger partial charge in [0.2, 0.25) is 0 Å². The second-order valence-corrected chi connectivity index (χ2v) is 2.85. The van der Waals surface area contributed by atoms with Crippen LogP contribution in [0.25, 0.3) is 0 Å². The van der Waals surface area contributed by atoms with Gasteiger partial charge in [0, 0.05) is 6.61 Å². The molecule has 0 spiro atoms. The summed E-state index contributed by atoms with van der Waals surface area (Å²) in [4.78, 5) is 0. The van der Waals surface area contributed by atoms with Crippen molar-refractivity contribution in [1.82, 2.24) is 0 Å². The number of hydrogen-bond donors (Lipinski definition) is 1. The van der Waals surface area contributed by atoms with Gasteiger partial charge in [0.25, 0.3) is 0 Å². The zero-order valence-electron chi connectivity index (χ0n) is 7.43. The zero-order chi connectivity index (χ0) is 7.98. The van der Waals surface area contributed by atoms with Crippen LogP contribution < -0.4 is 0 Å². The van der Waals surface area contributed by atoms with Gasteiger partial charge in [-0.3, -0.25) is 0 Å². The molecule has 1 fully saturated rings. The van der Waals surface area contributed by atoms with Crippen molar-refractivity contribution < 1.29 is 5.11 Å². The molecule has 0 amide bonds. The number of aliphatic hydroxyl groups is 1. The minimum atomic E-state index is 0.404. The average molecular weight is 144 g/mol. The van der Waals surface area contributed by atoms with Gasteiger partial charge >= 0.3 is 0 Å². The Balaban J connectivity index is 0.000000371. The Labute approximate surface area is 64.5 Å². The van der Waals surface area contributed by atoms with E-state index < -0.39 is 0 Å². The maximum Gasteiger partial charge on any atom is 0.0461 e. The quantitative estimate of drug-likeness (QED) is 0.599. The average Bonchev–Trinajstić information content (AvgIpc) is 2.39. The lowest BCUT2D eigenvalue weighted by molar-refractivity contribution is 0.201. The van der Waals surface area contributed by atoms with E-state index in [0.717, 1.165) is 5.92 Å². The van der Waals surface area contributed by atoms with Crippen molar-refractivity contribution in [2.45, 2.75) is 40.0 Å². The zero-order valence-corrected chi connectivity index (χ0v) is 7.43. The molecule has 1 heteroatoms. The second kappa shape index (κ2) is 5.72. The van der Waals surface area contributed by atoms with Crippen LogP contribution in [0.15, 0.2) is 0 Å². The Morgan fingerprint density at radius 1 is 1.30 bits per heavy atom. The summed E-state index contributed by atoms with van der Waals surface area (Å²) in [5.41, 5.74) is 0. The van der Waals surface area contributed by atoms with Crippen LogP contribution in [0.5, 0.6) is 0 Å². The smallest absolute Gasteiger partial charge is 0.0461 e. The molecule has 0 heterocycles. The molecule has 1 N–H and O–H groups in total. The van der Waals surface area contributed by atoms with Crippen molar-refractivity contribution >= 4 is 0 Å². The minimum Gasteiger partial charge on any atom is -0.396 e. The van der Waals surface area contributed by atoms with Crippen LogP contribution in [0.2, 0.25) is 0 Å². The molecule has 1 aliphatic carbocycles. The van der Waals surface area contributed by atoms with Crippen molar-refractivity contribution in [3.05, 3.63) is 0 Å². The molecular formula is C9H20O. The summed E-state index contributed by atoms with van der Waals surface area (Å²) in [6.07, 6.45) is 3.90. The summed E-state index contributed by atoms with van der Waals surface area (Å²) < 4.78 is 0. The topological polar surface area (TPSA) is 20.2 Å². The highest BCUT2D eigenvalue weighted by atomic mass is 16.3. The van der Waals surface area contributed by atoms with Crippen LogP contribution in [0, 0.1) is 11.8 Å². The van der Waals surface area contributed by atoms with Gasteiger partial charge in [0.1, 0.15) is 0 Å². The molecule has 0 aromatic carbocycles. The largest absolute Gasteiger partial charge is 0.396 e. The molecule has 0 radical (unpaired) electrons. The van der Waals surface area contributed by atoms with E-state index in [4.69, 9.17) is 5.11 Å². The van der Waals surface area contributed by atoms with E-state index in [1.54, 1.807) is 0 Å². The molecule has 62 valence electrons. The summed E-state index contributed by atoms with van der Waals surface area (Å²) >= 11 is 0. The summed E-state index contributed by atoms with van der Waals surface area (Å²) in [6.45, 7) is 6.63. The summed E-state index contributed by atoms with van der Waals surface area (Å²) in [5, 5.41) is 8.74. The van der Waals surface area contributed by atoms with Gasteiger partial charge < -0.3 is 5.11 Å². The first-order valence-corrected chi connectivity index (χ1v) is 4.45. The highest BCUT2D eigenvalue weighted by molar-refractivity contribution is 4.72. The van der Waals surface area contributed by atoms with Crippen LogP contribution in [0.4, 0.5) is 0 Å². The van der Waals surface area contributed by atoms with Gasteiger partial charge in [-0.25, -0.2) is 0 Å². The van der Waals surface area contributed by atoms with Crippen LogP contribution in [0.1, 0.15) is 40.0 Å². The fourth-order valence-corrected chi connectivity index (χ4v) is 1.49. The molecule has 1 saturated carbocycles. The molecule has 0 aliphatic heterocycles. The van der Waals surface area contributed by atoms with Crippen LogP contribution in [0.3, 0.4) is 0 Å². The molecule has 10 heavy (non-hydrogen) atoms. The maximum absolute atomic E-state index is 8.74. The molecule has 2 atom stereocenters. The first kappa shape index (κ1) is 9.96. The predicted molar refractivity (Wildman–Crippen MR) is 44.9 cm³/mol. The Bertz CT molecular complexity index is 71.1. The number of aliphatic hydroxyl groups excluding tert-OH is 1. The fourth-order valence-electron chi connectivity index (χ4n) is 1.49. The SMILES string of the molecule is CC.CC1CCCC1CO. The Hall–Kier alpha value is -0.0400. The van der Waals surface area contributed by atoms with E-state index in [9.17, 15) is 0 Å². The molecule has 0 aromatic heterocycles. The van der Waals surface area contributed by atoms with E-state index in [1.807, 2.05) is 13.8 Å². The molecule has 1 rings (SSSR count). The molecule has 0 aromatic rings.